The first-order chi connectivity index (χ1) is 15.0. The summed E-state index contributed by atoms with van der Waals surface area (Å²) in [6, 6.07) is 22.3. The maximum absolute atomic E-state index is 12.1. The van der Waals surface area contributed by atoms with Crippen LogP contribution in [0.4, 0.5) is 9.59 Å². The van der Waals surface area contributed by atoms with Gasteiger partial charge < -0.3 is 24.1 Å². The van der Waals surface area contributed by atoms with E-state index in [0.717, 1.165) is 11.1 Å². The third-order valence-electron chi connectivity index (χ3n) is 4.14. The van der Waals surface area contributed by atoms with Gasteiger partial charge in [0.15, 0.2) is 11.5 Å². The molecule has 0 amide bonds. The Morgan fingerprint density at radius 2 is 1.23 bits per heavy atom. The zero-order valence-electron chi connectivity index (χ0n) is 16.6. The highest BCUT2D eigenvalue weighted by Crippen LogP contribution is 2.31. The van der Waals surface area contributed by atoms with Gasteiger partial charge in [-0.3, -0.25) is 0 Å². The Labute approximate surface area is 179 Å². The largest absolute Gasteiger partial charge is 0.514 e. The average molecular weight is 421 g/mol. The lowest BCUT2D eigenvalue weighted by Crippen LogP contribution is -2.14. The lowest BCUT2D eigenvalue weighted by Gasteiger charge is -2.13. The van der Waals surface area contributed by atoms with Crippen molar-refractivity contribution >= 4 is 12.3 Å². The summed E-state index contributed by atoms with van der Waals surface area (Å²) in [6.45, 7) is 3.54. The van der Waals surface area contributed by atoms with E-state index in [0.29, 0.717) is 5.56 Å². The molecule has 1 atom stereocenters. The number of ether oxygens (including phenoxy) is 4. The molecule has 7 nitrogen and oxygen atoms in total. The van der Waals surface area contributed by atoms with E-state index >= 15 is 0 Å². The van der Waals surface area contributed by atoms with Crippen molar-refractivity contribution in [3.63, 3.8) is 0 Å². The number of carbonyl (C=O) groups is 2. The summed E-state index contributed by atoms with van der Waals surface area (Å²) >= 11 is 0. The van der Waals surface area contributed by atoms with E-state index in [-0.39, 0.29) is 24.7 Å². The van der Waals surface area contributed by atoms with E-state index in [1.165, 1.54) is 18.2 Å². The lowest BCUT2D eigenvalue weighted by atomic mass is 10.1. The summed E-state index contributed by atoms with van der Waals surface area (Å²) in [5.41, 5.74) is 1.93. The standard InChI is InChI=1S/C24H21O7/c1-17(25)20-12-13-21(30-23(26)28-15-18-8-4-2-5-9-18)22(14-20)31-24(27)29-16-19-10-6-3-7-11-19/h2-14,17,25H,1,15-16H2/t17-/m1/s1. The maximum atomic E-state index is 12.1. The quantitative estimate of drug-likeness (QED) is 0.425. The molecule has 3 aromatic rings. The molecule has 1 N–H and O–H groups in total. The van der Waals surface area contributed by atoms with Crippen LogP contribution in [0.25, 0.3) is 0 Å². The molecule has 0 aromatic heterocycles. The molecule has 0 heterocycles. The number of carbonyl (C=O) groups excluding carboxylic acids is 2. The third kappa shape index (κ3) is 6.87. The van der Waals surface area contributed by atoms with Crippen molar-refractivity contribution in [1.82, 2.24) is 0 Å². The fraction of sp³-hybridized carbons (Fsp3) is 0.125. The summed E-state index contributed by atoms with van der Waals surface area (Å²) in [5.74, 6) is -0.186. The molecule has 0 saturated carbocycles. The van der Waals surface area contributed by atoms with Gasteiger partial charge in [-0.25, -0.2) is 9.59 Å². The number of aliphatic hydroxyl groups excluding tert-OH is 1. The summed E-state index contributed by atoms with van der Waals surface area (Å²) < 4.78 is 20.5. The van der Waals surface area contributed by atoms with Crippen molar-refractivity contribution < 1.29 is 33.6 Å². The van der Waals surface area contributed by atoms with E-state index in [4.69, 9.17) is 18.9 Å². The highest BCUT2D eigenvalue weighted by atomic mass is 16.7. The summed E-state index contributed by atoms with van der Waals surface area (Å²) in [4.78, 5) is 24.2. The molecule has 1 radical (unpaired) electrons. The Hall–Kier alpha value is -3.84. The van der Waals surface area contributed by atoms with E-state index in [9.17, 15) is 14.7 Å². The van der Waals surface area contributed by atoms with Crippen molar-refractivity contribution in [2.24, 2.45) is 0 Å². The van der Waals surface area contributed by atoms with Crippen LogP contribution in [0.3, 0.4) is 0 Å². The highest BCUT2D eigenvalue weighted by molar-refractivity contribution is 5.69. The minimum absolute atomic E-state index is 0.00658. The molecule has 0 aliphatic carbocycles. The summed E-state index contributed by atoms with van der Waals surface area (Å²) in [5, 5.41) is 9.70. The number of hydrogen-bond donors (Lipinski definition) is 1. The fourth-order valence-electron chi connectivity index (χ4n) is 2.57. The molecule has 3 aromatic carbocycles. The molecule has 3 rings (SSSR count). The highest BCUT2D eigenvalue weighted by Gasteiger charge is 2.18. The van der Waals surface area contributed by atoms with Gasteiger partial charge in [-0.2, -0.15) is 0 Å². The Morgan fingerprint density at radius 3 is 1.71 bits per heavy atom. The predicted molar refractivity (Wildman–Crippen MR) is 111 cm³/mol. The molecular formula is C24H21O7. The van der Waals surface area contributed by atoms with Gasteiger partial charge in [-0.05, 0) is 35.7 Å². The summed E-state index contributed by atoms with van der Waals surface area (Å²) in [6.07, 6.45) is -3.04. The molecule has 0 aliphatic heterocycles. The molecule has 0 spiro atoms. The first-order valence-electron chi connectivity index (χ1n) is 9.43. The third-order valence-corrected chi connectivity index (χ3v) is 4.14. The zero-order chi connectivity index (χ0) is 22.1. The first kappa shape index (κ1) is 21.9. The van der Waals surface area contributed by atoms with Gasteiger partial charge in [0, 0.05) is 0 Å². The number of rotatable bonds is 7. The van der Waals surface area contributed by atoms with Crippen LogP contribution in [0.2, 0.25) is 0 Å². The van der Waals surface area contributed by atoms with Gasteiger partial charge in [0.2, 0.25) is 0 Å². The minimum atomic E-state index is -1.07. The Bertz CT molecular complexity index is 1000. The van der Waals surface area contributed by atoms with Crippen LogP contribution >= 0.6 is 0 Å². The van der Waals surface area contributed by atoms with Gasteiger partial charge >= 0.3 is 12.3 Å². The van der Waals surface area contributed by atoms with E-state index in [2.05, 4.69) is 6.92 Å². The van der Waals surface area contributed by atoms with Gasteiger partial charge in [-0.1, -0.05) is 66.7 Å². The van der Waals surface area contributed by atoms with Crippen LogP contribution in [0.1, 0.15) is 22.8 Å². The topological polar surface area (TPSA) is 91.3 Å². The van der Waals surface area contributed by atoms with Crippen LogP contribution in [0.5, 0.6) is 11.5 Å². The van der Waals surface area contributed by atoms with E-state index in [1.807, 2.05) is 36.4 Å². The minimum Gasteiger partial charge on any atom is -0.429 e. The molecule has 0 saturated heterocycles. The van der Waals surface area contributed by atoms with Crippen LogP contribution in [0.15, 0.2) is 78.9 Å². The normalized spacial score (nSPS) is 11.3. The molecule has 0 fully saturated rings. The predicted octanol–water partition coefficient (Wildman–Crippen LogP) is 4.99. The van der Waals surface area contributed by atoms with Crippen LogP contribution in [-0.2, 0) is 22.7 Å². The van der Waals surface area contributed by atoms with Crippen molar-refractivity contribution in [2.45, 2.75) is 19.3 Å². The zero-order valence-corrected chi connectivity index (χ0v) is 16.6. The Balaban J connectivity index is 1.65. The smallest absolute Gasteiger partial charge is 0.429 e. The maximum Gasteiger partial charge on any atom is 0.514 e. The van der Waals surface area contributed by atoms with Gasteiger partial charge in [0.05, 0.1) is 6.10 Å². The van der Waals surface area contributed by atoms with Crippen LogP contribution < -0.4 is 9.47 Å². The second-order valence-electron chi connectivity index (χ2n) is 6.47. The molecular weight excluding hydrogens is 400 g/mol. The number of benzene rings is 3. The van der Waals surface area contributed by atoms with Crippen molar-refractivity contribution in [2.75, 3.05) is 0 Å². The van der Waals surface area contributed by atoms with E-state index < -0.39 is 18.4 Å². The second-order valence-corrected chi connectivity index (χ2v) is 6.47. The Kier molecular flexibility index (Phi) is 7.61. The van der Waals surface area contributed by atoms with Crippen molar-refractivity contribution in [1.29, 1.82) is 0 Å². The SMILES string of the molecule is [CH2][C@@H](O)c1ccc(OC(=O)OCc2ccccc2)c(OC(=O)OCc2ccccc2)c1. The average Bonchev–Trinajstić information content (AvgIpc) is 2.79. The van der Waals surface area contributed by atoms with Crippen molar-refractivity contribution in [3.8, 4) is 11.5 Å². The lowest BCUT2D eigenvalue weighted by molar-refractivity contribution is 0.0831. The number of hydrogen-bond acceptors (Lipinski definition) is 7. The number of aliphatic hydroxyl groups is 1. The Morgan fingerprint density at radius 1 is 0.742 bits per heavy atom. The van der Waals surface area contributed by atoms with Crippen LogP contribution in [-0.4, -0.2) is 17.4 Å². The first-order valence-corrected chi connectivity index (χ1v) is 9.43. The molecule has 7 heteroatoms. The van der Waals surface area contributed by atoms with Gasteiger partial charge in [0.1, 0.15) is 13.2 Å². The molecule has 31 heavy (non-hydrogen) atoms. The van der Waals surface area contributed by atoms with Gasteiger partial charge in [-0.15, -0.1) is 0 Å². The fourth-order valence-corrected chi connectivity index (χ4v) is 2.57. The molecule has 0 aliphatic rings. The summed E-state index contributed by atoms with van der Waals surface area (Å²) in [7, 11) is 0. The van der Waals surface area contributed by atoms with Crippen molar-refractivity contribution in [3.05, 3.63) is 102 Å². The monoisotopic (exact) mass is 421 g/mol. The molecule has 0 unspecified atom stereocenters. The van der Waals surface area contributed by atoms with E-state index in [1.54, 1.807) is 24.3 Å². The molecule has 0 bridgehead atoms. The van der Waals surface area contributed by atoms with Gasteiger partial charge in [0.25, 0.3) is 0 Å². The second kappa shape index (κ2) is 10.8. The van der Waals surface area contributed by atoms with Crippen LogP contribution in [0, 0.1) is 6.92 Å². The molecule has 159 valence electrons.